The molecule has 2 fully saturated rings. The third-order valence-electron chi connectivity index (χ3n) is 8.83. The summed E-state index contributed by atoms with van der Waals surface area (Å²) in [4.78, 5) is 41.3. The Labute approximate surface area is 212 Å². The highest BCUT2D eigenvalue weighted by atomic mass is 16.5. The van der Waals surface area contributed by atoms with E-state index >= 15 is 0 Å². The third kappa shape index (κ3) is 4.14. The van der Waals surface area contributed by atoms with E-state index in [1.165, 1.54) is 0 Å². The fraction of sp³-hybridized carbons (Fsp3) is 0.607. The van der Waals surface area contributed by atoms with Crippen LogP contribution in [0.4, 0.5) is 0 Å². The molecule has 194 valence electrons. The minimum atomic E-state index is -0.660. The maximum Gasteiger partial charge on any atom is 0.338 e. The summed E-state index contributed by atoms with van der Waals surface area (Å²) < 4.78 is 10.3. The Morgan fingerprint density at radius 2 is 1.81 bits per heavy atom. The van der Waals surface area contributed by atoms with Crippen molar-refractivity contribution in [3.63, 3.8) is 0 Å². The molecule has 1 unspecified atom stereocenters. The van der Waals surface area contributed by atoms with Gasteiger partial charge in [-0.3, -0.25) is 9.69 Å². The van der Waals surface area contributed by atoms with E-state index in [4.69, 9.17) is 9.47 Å². The number of fused-ring (bicyclic) bond motifs is 1. The number of ether oxygens (including phenoxy) is 2. The number of hydrogen-bond acceptors (Lipinski definition) is 7. The van der Waals surface area contributed by atoms with Gasteiger partial charge in [-0.2, -0.15) is 0 Å². The van der Waals surface area contributed by atoms with Crippen LogP contribution in [0.15, 0.2) is 23.4 Å². The Hall–Kier alpha value is -2.71. The Morgan fingerprint density at radius 1 is 1.08 bits per heavy atom. The smallest absolute Gasteiger partial charge is 0.338 e. The van der Waals surface area contributed by atoms with E-state index in [9.17, 15) is 19.5 Å². The average Bonchev–Trinajstić information content (AvgIpc) is 3.51. The van der Waals surface area contributed by atoms with Gasteiger partial charge in [0.2, 0.25) is 5.91 Å². The maximum absolute atomic E-state index is 13.5. The quantitative estimate of drug-likeness (QED) is 0.578. The lowest BCUT2D eigenvalue weighted by Gasteiger charge is -2.41. The number of benzene rings is 1. The van der Waals surface area contributed by atoms with Crippen molar-refractivity contribution in [3.8, 4) is 0 Å². The van der Waals surface area contributed by atoms with E-state index in [1.807, 2.05) is 13.0 Å². The lowest BCUT2D eigenvalue weighted by atomic mass is 9.71. The zero-order valence-electron chi connectivity index (χ0n) is 21.5. The van der Waals surface area contributed by atoms with Gasteiger partial charge < -0.3 is 19.5 Å². The fourth-order valence-corrected chi connectivity index (χ4v) is 6.57. The highest BCUT2D eigenvalue weighted by molar-refractivity contribution is 5.94. The molecule has 1 N–H and O–H groups in total. The standard InChI is InChI=1S/C28H36N2O6/c1-4-12-29(14-24(31)20-5-6-21-22(17(20)2)15-35-26(21)33)19-7-9-28(10-8-19)11-13-30(27(28)34)23-16-36-25(32)18(23)3/h5-6,19,24,31H,4,7-16H2,1-3H3. The highest BCUT2D eigenvalue weighted by Crippen LogP contribution is 2.47. The lowest BCUT2D eigenvalue weighted by molar-refractivity contribution is -0.138. The van der Waals surface area contributed by atoms with Crippen molar-refractivity contribution < 1.29 is 29.0 Å². The van der Waals surface area contributed by atoms with E-state index in [0.717, 1.165) is 67.5 Å². The molecular weight excluding hydrogens is 460 g/mol. The Kier molecular flexibility index (Phi) is 6.68. The van der Waals surface area contributed by atoms with E-state index in [2.05, 4.69) is 11.8 Å². The first-order valence-corrected chi connectivity index (χ1v) is 13.2. The molecule has 1 atom stereocenters. The van der Waals surface area contributed by atoms with Crippen molar-refractivity contribution >= 4 is 17.8 Å². The molecule has 1 spiro atoms. The van der Waals surface area contributed by atoms with Gasteiger partial charge in [0.1, 0.15) is 13.2 Å². The first kappa shape index (κ1) is 25.0. The number of carbonyl (C=O) groups excluding carboxylic acids is 3. The summed E-state index contributed by atoms with van der Waals surface area (Å²) in [6.07, 6.45) is 4.59. The molecule has 1 aromatic carbocycles. The molecule has 0 bridgehead atoms. The second kappa shape index (κ2) is 9.63. The van der Waals surface area contributed by atoms with Crippen molar-refractivity contribution in [2.75, 3.05) is 26.2 Å². The average molecular weight is 497 g/mol. The topological polar surface area (TPSA) is 96.4 Å². The lowest BCUT2D eigenvalue weighted by Crippen LogP contribution is -2.45. The predicted octanol–water partition coefficient (Wildman–Crippen LogP) is 3.40. The number of nitrogens with zero attached hydrogens (tertiary/aromatic N) is 2. The molecule has 0 radical (unpaired) electrons. The van der Waals surface area contributed by atoms with Gasteiger partial charge in [0, 0.05) is 24.7 Å². The van der Waals surface area contributed by atoms with Crippen LogP contribution in [0.3, 0.4) is 0 Å². The number of esters is 2. The van der Waals surface area contributed by atoms with Gasteiger partial charge in [-0.15, -0.1) is 0 Å². The maximum atomic E-state index is 13.5. The highest BCUT2D eigenvalue weighted by Gasteiger charge is 2.50. The summed E-state index contributed by atoms with van der Waals surface area (Å²) in [6.45, 7) is 8.34. The molecular formula is C28H36N2O6. The second-order valence-electron chi connectivity index (χ2n) is 10.8. The van der Waals surface area contributed by atoms with Gasteiger partial charge in [0.05, 0.1) is 28.4 Å². The minimum absolute atomic E-state index is 0.140. The molecule has 1 saturated carbocycles. The zero-order valence-corrected chi connectivity index (χ0v) is 21.5. The number of aliphatic hydroxyl groups excluding tert-OH is 1. The number of likely N-dealkylation sites (tertiary alicyclic amines) is 1. The SMILES string of the molecule is CCCN(CC(O)c1ccc2c(c1C)COC2=O)C1CCC2(CC1)CCN(C1=C(C)C(=O)OC1)C2=O. The van der Waals surface area contributed by atoms with Crippen molar-refractivity contribution in [1.29, 1.82) is 0 Å². The van der Waals surface area contributed by atoms with Crippen molar-refractivity contribution in [1.82, 2.24) is 9.80 Å². The molecule has 3 aliphatic heterocycles. The van der Waals surface area contributed by atoms with Crippen LogP contribution in [-0.2, 0) is 25.7 Å². The normalized spacial score (nSPS) is 26.8. The van der Waals surface area contributed by atoms with Crippen LogP contribution in [0, 0.1) is 12.3 Å². The molecule has 8 heteroatoms. The summed E-state index contributed by atoms with van der Waals surface area (Å²) in [5.74, 6) is -0.480. The fourth-order valence-electron chi connectivity index (χ4n) is 6.57. The second-order valence-corrected chi connectivity index (χ2v) is 10.8. The third-order valence-corrected chi connectivity index (χ3v) is 8.83. The molecule has 36 heavy (non-hydrogen) atoms. The van der Waals surface area contributed by atoms with Crippen molar-refractivity contribution in [2.24, 2.45) is 5.41 Å². The number of amides is 1. The minimum Gasteiger partial charge on any atom is -0.457 e. The van der Waals surface area contributed by atoms with Crippen LogP contribution in [0.5, 0.6) is 0 Å². The number of carbonyl (C=O) groups is 3. The summed E-state index contributed by atoms with van der Waals surface area (Å²) in [7, 11) is 0. The van der Waals surface area contributed by atoms with Gasteiger partial charge in [0.25, 0.3) is 0 Å². The van der Waals surface area contributed by atoms with Crippen LogP contribution in [0.2, 0.25) is 0 Å². The molecule has 0 aromatic heterocycles. The van der Waals surface area contributed by atoms with E-state index in [-0.39, 0.29) is 36.5 Å². The molecule has 4 aliphatic rings. The number of cyclic esters (lactones) is 2. The Balaban J connectivity index is 1.25. The van der Waals surface area contributed by atoms with E-state index in [1.54, 1.807) is 17.9 Å². The monoisotopic (exact) mass is 496 g/mol. The van der Waals surface area contributed by atoms with Crippen LogP contribution in [0.1, 0.15) is 85.5 Å². The Morgan fingerprint density at radius 3 is 2.47 bits per heavy atom. The summed E-state index contributed by atoms with van der Waals surface area (Å²) in [5, 5.41) is 11.2. The number of hydrogen-bond donors (Lipinski definition) is 1. The van der Waals surface area contributed by atoms with Crippen molar-refractivity contribution in [2.45, 2.75) is 78.0 Å². The molecule has 1 saturated heterocycles. The van der Waals surface area contributed by atoms with Crippen LogP contribution >= 0.6 is 0 Å². The van der Waals surface area contributed by atoms with E-state index in [0.29, 0.717) is 30.3 Å². The molecule has 5 rings (SSSR count). The van der Waals surface area contributed by atoms with Gasteiger partial charge >= 0.3 is 11.9 Å². The zero-order chi connectivity index (χ0) is 25.6. The first-order chi connectivity index (χ1) is 17.3. The number of aliphatic hydroxyl groups is 1. The van der Waals surface area contributed by atoms with Gasteiger partial charge in [0.15, 0.2) is 0 Å². The molecule has 3 heterocycles. The van der Waals surface area contributed by atoms with Gasteiger partial charge in [-0.25, -0.2) is 9.59 Å². The van der Waals surface area contributed by atoms with Crippen LogP contribution < -0.4 is 0 Å². The predicted molar refractivity (Wildman–Crippen MR) is 132 cm³/mol. The summed E-state index contributed by atoms with van der Waals surface area (Å²) in [6, 6.07) is 3.93. The Bertz CT molecular complexity index is 1120. The number of rotatable bonds is 7. The van der Waals surface area contributed by atoms with Gasteiger partial charge in [-0.05, 0) is 76.1 Å². The largest absolute Gasteiger partial charge is 0.457 e. The van der Waals surface area contributed by atoms with Crippen molar-refractivity contribution in [3.05, 3.63) is 45.7 Å². The van der Waals surface area contributed by atoms with Crippen LogP contribution in [0.25, 0.3) is 0 Å². The molecule has 8 nitrogen and oxygen atoms in total. The molecule has 1 amide bonds. The van der Waals surface area contributed by atoms with Crippen LogP contribution in [-0.4, -0.2) is 65.0 Å². The van der Waals surface area contributed by atoms with Gasteiger partial charge in [-0.1, -0.05) is 13.0 Å². The molecule has 1 aliphatic carbocycles. The first-order valence-electron chi connectivity index (χ1n) is 13.2. The summed E-state index contributed by atoms with van der Waals surface area (Å²) >= 11 is 0. The summed E-state index contributed by atoms with van der Waals surface area (Å²) in [5.41, 5.74) is 4.18. The molecule has 1 aromatic rings. The van der Waals surface area contributed by atoms with E-state index < -0.39 is 6.10 Å².